The van der Waals surface area contributed by atoms with Gasteiger partial charge in [0.2, 0.25) is 5.91 Å². The summed E-state index contributed by atoms with van der Waals surface area (Å²) in [5, 5.41) is 5.65. The van der Waals surface area contributed by atoms with Gasteiger partial charge in [-0.3, -0.25) is 9.69 Å². The molecule has 0 aromatic rings. The number of carbonyl (C=O) groups is 2. The average molecular weight is 286 g/mol. The molecule has 116 valence electrons. The zero-order chi connectivity index (χ0) is 14.8. The number of hydrogen-bond donors (Lipinski definition) is 2. The highest BCUT2D eigenvalue weighted by molar-refractivity contribution is 5.78. The number of nitrogens with one attached hydrogen (secondary N) is 2. The lowest BCUT2D eigenvalue weighted by Crippen LogP contribution is -2.53. The molecular weight excluding hydrogens is 260 g/mol. The van der Waals surface area contributed by atoms with Crippen LogP contribution in [-0.4, -0.2) is 81.3 Å². The first-order chi connectivity index (χ1) is 9.67. The number of ether oxygens (including phenoxy) is 1. The van der Waals surface area contributed by atoms with Crippen LogP contribution in [0.3, 0.4) is 0 Å². The minimum absolute atomic E-state index is 0.0174. The largest absolute Gasteiger partial charge is 0.385 e. The summed E-state index contributed by atoms with van der Waals surface area (Å²) in [6.45, 7) is 7.06. The van der Waals surface area contributed by atoms with Gasteiger partial charge in [0.15, 0.2) is 0 Å². The molecule has 20 heavy (non-hydrogen) atoms. The molecule has 1 aliphatic rings. The van der Waals surface area contributed by atoms with Crippen LogP contribution in [0.4, 0.5) is 4.79 Å². The summed E-state index contributed by atoms with van der Waals surface area (Å²) in [7, 11) is 1.65. The van der Waals surface area contributed by atoms with Crippen LogP contribution < -0.4 is 10.6 Å². The van der Waals surface area contributed by atoms with E-state index in [1.54, 1.807) is 12.0 Å². The van der Waals surface area contributed by atoms with Crippen LogP contribution in [0.25, 0.3) is 0 Å². The molecular formula is C13H26N4O3. The number of urea groups is 1. The number of nitrogens with zero attached hydrogens (tertiary/aromatic N) is 2. The Bertz CT molecular complexity index is 304. The molecule has 1 aliphatic heterocycles. The number of piperazine rings is 1. The fourth-order valence-electron chi connectivity index (χ4n) is 2.08. The Balaban J connectivity index is 2.15. The van der Waals surface area contributed by atoms with Crippen molar-refractivity contribution in [3.63, 3.8) is 0 Å². The van der Waals surface area contributed by atoms with E-state index in [2.05, 4.69) is 15.5 Å². The van der Waals surface area contributed by atoms with E-state index in [1.165, 1.54) is 0 Å². The third kappa shape index (κ3) is 6.21. The summed E-state index contributed by atoms with van der Waals surface area (Å²) < 4.78 is 4.92. The second-order valence-corrected chi connectivity index (χ2v) is 4.79. The van der Waals surface area contributed by atoms with Gasteiger partial charge in [0, 0.05) is 53.0 Å². The first kappa shape index (κ1) is 16.7. The van der Waals surface area contributed by atoms with E-state index < -0.39 is 0 Å². The van der Waals surface area contributed by atoms with E-state index >= 15 is 0 Å². The zero-order valence-corrected chi connectivity index (χ0v) is 12.5. The molecule has 1 saturated heterocycles. The molecule has 0 aliphatic carbocycles. The summed E-state index contributed by atoms with van der Waals surface area (Å²) >= 11 is 0. The molecule has 3 amide bonds. The van der Waals surface area contributed by atoms with E-state index in [9.17, 15) is 9.59 Å². The van der Waals surface area contributed by atoms with Crippen LogP contribution in [0.15, 0.2) is 0 Å². The molecule has 0 radical (unpaired) electrons. The van der Waals surface area contributed by atoms with Crippen LogP contribution in [0.1, 0.15) is 13.3 Å². The molecule has 2 N–H and O–H groups in total. The van der Waals surface area contributed by atoms with Gasteiger partial charge >= 0.3 is 6.03 Å². The van der Waals surface area contributed by atoms with Gasteiger partial charge in [-0.05, 0) is 13.3 Å². The Hall–Kier alpha value is -1.34. The molecule has 0 unspecified atom stereocenters. The quantitative estimate of drug-likeness (QED) is 0.618. The molecule has 1 fully saturated rings. The molecule has 0 atom stereocenters. The summed E-state index contributed by atoms with van der Waals surface area (Å²) in [5.74, 6) is 0.0348. The Morgan fingerprint density at radius 2 is 1.85 bits per heavy atom. The van der Waals surface area contributed by atoms with Crippen molar-refractivity contribution in [2.24, 2.45) is 0 Å². The topological polar surface area (TPSA) is 73.9 Å². The van der Waals surface area contributed by atoms with Gasteiger partial charge in [0.1, 0.15) is 0 Å². The Morgan fingerprint density at radius 3 is 2.45 bits per heavy atom. The Morgan fingerprint density at radius 1 is 1.15 bits per heavy atom. The van der Waals surface area contributed by atoms with Crippen LogP contribution in [0, 0.1) is 0 Å². The Kier molecular flexibility index (Phi) is 7.98. The van der Waals surface area contributed by atoms with Crippen LogP contribution in [0.2, 0.25) is 0 Å². The van der Waals surface area contributed by atoms with Gasteiger partial charge in [0.25, 0.3) is 0 Å². The highest BCUT2D eigenvalue weighted by Crippen LogP contribution is 2.01. The summed E-state index contributed by atoms with van der Waals surface area (Å²) in [5.41, 5.74) is 0. The molecule has 0 bridgehead atoms. The monoisotopic (exact) mass is 286 g/mol. The van der Waals surface area contributed by atoms with Gasteiger partial charge in [-0.15, -0.1) is 0 Å². The van der Waals surface area contributed by atoms with Gasteiger partial charge in [-0.2, -0.15) is 0 Å². The maximum absolute atomic E-state index is 11.7. The third-order valence-corrected chi connectivity index (χ3v) is 3.20. The molecule has 0 saturated carbocycles. The fourth-order valence-corrected chi connectivity index (χ4v) is 2.08. The van der Waals surface area contributed by atoms with Crippen LogP contribution in [-0.2, 0) is 9.53 Å². The first-order valence-electron chi connectivity index (χ1n) is 7.18. The summed E-state index contributed by atoms with van der Waals surface area (Å²) in [4.78, 5) is 27.2. The SMILES string of the molecule is CCNC(=O)N1CCN(CC(=O)NCCCOC)CC1. The fraction of sp³-hybridized carbons (Fsp3) is 0.846. The van der Waals surface area contributed by atoms with Crippen molar-refractivity contribution in [1.29, 1.82) is 0 Å². The maximum atomic E-state index is 11.7. The van der Waals surface area contributed by atoms with Gasteiger partial charge in [0.05, 0.1) is 6.54 Å². The number of rotatable bonds is 7. The van der Waals surface area contributed by atoms with E-state index in [4.69, 9.17) is 4.74 Å². The molecule has 0 aromatic heterocycles. The van der Waals surface area contributed by atoms with Crippen molar-refractivity contribution in [3.05, 3.63) is 0 Å². The number of amides is 3. The minimum Gasteiger partial charge on any atom is -0.385 e. The van der Waals surface area contributed by atoms with E-state index in [-0.39, 0.29) is 11.9 Å². The third-order valence-electron chi connectivity index (χ3n) is 3.20. The molecule has 1 rings (SSSR count). The lowest BCUT2D eigenvalue weighted by atomic mass is 10.3. The first-order valence-corrected chi connectivity index (χ1v) is 7.18. The van der Waals surface area contributed by atoms with Crippen molar-refractivity contribution >= 4 is 11.9 Å². The van der Waals surface area contributed by atoms with E-state index in [0.717, 1.165) is 19.5 Å². The lowest BCUT2D eigenvalue weighted by molar-refractivity contribution is -0.122. The van der Waals surface area contributed by atoms with Crippen molar-refractivity contribution in [2.45, 2.75) is 13.3 Å². The number of methoxy groups -OCH3 is 1. The highest BCUT2D eigenvalue weighted by Gasteiger charge is 2.21. The second-order valence-electron chi connectivity index (χ2n) is 4.79. The average Bonchev–Trinajstić information content (AvgIpc) is 2.45. The molecule has 7 heteroatoms. The minimum atomic E-state index is -0.0174. The lowest BCUT2D eigenvalue weighted by Gasteiger charge is -2.34. The summed E-state index contributed by atoms with van der Waals surface area (Å²) in [6, 6.07) is -0.0174. The van der Waals surface area contributed by atoms with Crippen molar-refractivity contribution in [3.8, 4) is 0 Å². The van der Waals surface area contributed by atoms with Gasteiger partial charge in [-0.1, -0.05) is 0 Å². The van der Waals surface area contributed by atoms with E-state index in [1.807, 2.05) is 6.92 Å². The van der Waals surface area contributed by atoms with Crippen LogP contribution in [0.5, 0.6) is 0 Å². The standard InChI is InChI=1S/C13H26N4O3/c1-3-14-13(19)17-8-6-16(7-9-17)11-12(18)15-5-4-10-20-2/h3-11H2,1-2H3,(H,14,19)(H,15,18). The second kappa shape index (κ2) is 9.55. The zero-order valence-electron chi connectivity index (χ0n) is 12.5. The van der Waals surface area contributed by atoms with Crippen LogP contribution >= 0.6 is 0 Å². The molecule has 1 heterocycles. The van der Waals surface area contributed by atoms with Crippen molar-refractivity contribution in [1.82, 2.24) is 20.4 Å². The van der Waals surface area contributed by atoms with Gasteiger partial charge in [-0.25, -0.2) is 4.79 Å². The molecule has 7 nitrogen and oxygen atoms in total. The number of carbonyl (C=O) groups excluding carboxylic acids is 2. The normalized spacial score (nSPS) is 16.0. The number of hydrogen-bond acceptors (Lipinski definition) is 4. The molecule has 0 spiro atoms. The predicted molar refractivity (Wildman–Crippen MR) is 76.6 cm³/mol. The highest BCUT2D eigenvalue weighted by atomic mass is 16.5. The predicted octanol–water partition coefficient (Wildman–Crippen LogP) is -0.514. The van der Waals surface area contributed by atoms with Crippen molar-refractivity contribution < 1.29 is 14.3 Å². The maximum Gasteiger partial charge on any atom is 0.317 e. The summed E-state index contributed by atoms with van der Waals surface area (Å²) in [6.07, 6.45) is 0.827. The van der Waals surface area contributed by atoms with E-state index in [0.29, 0.717) is 39.3 Å². The smallest absolute Gasteiger partial charge is 0.317 e. The molecule has 0 aromatic carbocycles. The van der Waals surface area contributed by atoms with Gasteiger partial charge < -0.3 is 20.3 Å². The Labute approximate surface area is 120 Å². The van der Waals surface area contributed by atoms with Crippen molar-refractivity contribution in [2.75, 3.05) is 59.5 Å².